The number of nitrogens with one attached hydrogen (secondary N) is 1. The summed E-state index contributed by atoms with van der Waals surface area (Å²) in [6, 6.07) is 5.42. The summed E-state index contributed by atoms with van der Waals surface area (Å²) in [5.41, 5.74) is 1.84. The molecule has 1 amide bonds. The number of aryl methyl sites for hydroxylation is 1. The number of hydrogen-bond donors (Lipinski definition) is 1. The smallest absolute Gasteiger partial charge is 0.344 e. The zero-order valence-corrected chi connectivity index (χ0v) is 11.1. The third-order valence-corrected chi connectivity index (χ3v) is 2.70. The van der Waals surface area contributed by atoms with Crippen LogP contribution in [0.3, 0.4) is 0 Å². The molecular weight excluding hydrogens is 246 g/mol. The third kappa shape index (κ3) is 3.71. The molecule has 0 aromatic heterocycles. The van der Waals surface area contributed by atoms with Crippen LogP contribution in [0.2, 0.25) is 0 Å². The van der Waals surface area contributed by atoms with Crippen molar-refractivity contribution < 1.29 is 19.1 Å². The van der Waals surface area contributed by atoms with Gasteiger partial charge in [-0.25, -0.2) is 4.79 Å². The predicted octanol–water partition coefficient (Wildman–Crippen LogP) is 1.90. The first-order chi connectivity index (χ1) is 9.04. The molecule has 2 rings (SSSR count). The summed E-state index contributed by atoms with van der Waals surface area (Å²) in [4.78, 5) is 22.6. The van der Waals surface area contributed by atoms with Crippen LogP contribution in [0, 0.1) is 0 Å². The molecule has 5 nitrogen and oxygen atoms in total. The summed E-state index contributed by atoms with van der Waals surface area (Å²) in [6.07, 6.45) is 1.09. The van der Waals surface area contributed by atoms with Crippen LogP contribution in [-0.4, -0.2) is 24.6 Å². The molecule has 102 valence electrons. The van der Waals surface area contributed by atoms with E-state index in [0.29, 0.717) is 12.2 Å². The van der Waals surface area contributed by atoms with Gasteiger partial charge in [-0.15, -0.1) is 0 Å². The summed E-state index contributed by atoms with van der Waals surface area (Å²) < 4.78 is 10.3. The number of ether oxygens (including phenoxy) is 2. The van der Waals surface area contributed by atoms with Gasteiger partial charge in [0.15, 0.2) is 6.61 Å². The van der Waals surface area contributed by atoms with Crippen LogP contribution in [0.1, 0.15) is 25.8 Å². The molecule has 5 heteroatoms. The van der Waals surface area contributed by atoms with Crippen molar-refractivity contribution in [2.45, 2.75) is 32.8 Å². The van der Waals surface area contributed by atoms with Gasteiger partial charge in [-0.1, -0.05) is 6.07 Å². The zero-order valence-electron chi connectivity index (χ0n) is 11.1. The lowest BCUT2D eigenvalue weighted by molar-refractivity contribution is -0.149. The lowest BCUT2D eigenvalue weighted by Gasteiger charge is -2.17. The lowest BCUT2D eigenvalue weighted by Crippen LogP contribution is -2.20. The van der Waals surface area contributed by atoms with Crippen molar-refractivity contribution in [1.29, 1.82) is 0 Å². The highest BCUT2D eigenvalue weighted by Gasteiger charge is 2.15. The zero-order chi connectivity index (χ0) is 13.8. The maximum absolute atomic E-state index is 11.4. The maximum atomic E-state index is 11.4. The summed E-state index contributed by atoms with van der Waals surface area (Å²) in [6.45, 7) is 3.43. The van der Waals surface area contributed by atoms with Crippen LogP contribution in [0.5, 0.6) is 5.75 Å². The fourth-order valence-corrected chi connectivity index (χ4v) is 1.88. The Morgan fingerprint density at radius 1 is 1.37 bits per heavy atom. The van der Waals surface area contributed by atoms with Gasteiger partial charge >= 0.3 is 5.97 Å². The van der Waals surface area contributed by atoms with Gasteiger partial charge in [0.05, 0.1) is 6.10 Å². The summed E-state index contributed by atoms with van der Waals surface area (Å²) in [5, 5.41) is 2.79. The van der Waals surface area contributed by atoms with Crippen molar-refractivity contribution in [3.8, 4) is 5.75 Å². The molecule has 1 aliphatic rings. The molecule has 0 radical (unpaired) electrons. The van der Waals surface area contributed by atoms with Crippen LogP contribution in [0.25, 0.3) is 0 Å². The van der Waals surface area contributed by atoms with Crippen LogP contribution in [-0.2, 0) is 20.7 Å². The Morgan fingerprint density at radius 2 is 2.16 bits per heavy atom. The summed E-state index contributed by atoms with van der Waals surface area (Å²) in [5.74, 6) is 0.141. The number of carbonyl (C=O) groups is 2. The molecule has 0 aliphatic carbocycles. The maximum Gasteiger partial charge on any atom is 0.344 e. The van der Waals surface area contributed by atoms with Gasteiger partial charge in [0.1, 0.15) is 5.75 Å². The highest BCUT2D eigenvalue weighted by atomic mass is 16.6. The molecule has 0 fully saturated rings. The molecule has 0 bridgehead atoms. The second-order valence-corrected chi connectivity index (χ2v) is 4.69. The second kappa shape index (κ2) is 5.73. The SMILES string of the molecule is CC(C)OC(=O)COc1ccc2c(c1)NC(=O)CC2. The molecular formula is C14H17NO4. The van der Waals surface area contributed by atoms with E-state index in [4.69, 9.17) is 9.47 Å². The standard InChI is InChI=1S/C14H17NO4/c1-9(2)19-14(17)8-18-11-5-3-10-4-6-13(16)15-12(10)7-11/h3,5,7,9H,4,6,8H2,1-2H3,(H,15,16). The molecule has 1 aromatic carbocycles. The molecule has 19 heavy (non-hydrogen) atoms. The Hall–Kier alpha value is -2.04. The van der Waals surface area contributed by atoms with Gasteiger partial charge in [-0.2, -0.15) is 0 Å². The van der Waals surface area contributed by atoms with Gasteiger partial charge in [0.2, 0.25) is 5.91 Å². The number of amides is 1. The Bertz CT molecular complexity index is 496. The number of fused-ring (bicyclic) bond motifs is 1. The van der Waals surface area contributed by atoms with Gasteiger partial charge in [-0.3, -0.25) is 4.79 Å². The van der Waals surface area contributed by atoms with E-state index < -0.39 is 5.97 Å². The van der Waals surface area contributed by atoms with Crippen LogP contribution < -0.4 is 10.1 Å². The van der Waals surface area contributed by atoms with Crippen molar-refractivity contribution in [2.24, 2.45) is 0 Å². The van der Waals surface area contributed by atoms with Crippen molar-refractivity contribution in [1.82, 2.24) is 0 Å². The van der Waals surface area contributed by atoms with Crippen molar-refractivity contribution in [3.05, 3.63) is 23.8 Å². The van der Waals surface area contributed by atoms with Crippen molar-refractivity contribution in [3.63, 3.8) is 0 Å². The number of hydrogen-bond acceptors (Lipinski definition) is 4. The molecule has 0 saturated heterocycles. The minimum absolute atomic E-state index is 0.00358. The van der Waals surface area contributed by atoms with Crippen LogP contribution in [0.4, 0.5) is 5.69 Å². The quantitative estimate of drug-likeness (QED) is 0.843. The third-order valence-electron chi connectivity index (χ3n) is 2.70. The molecule has 0 spiro atoms. The minimum Gasteiger partial charge on any atom is -0.482 e. The van der Waals surface area contributed by atoms with E-state index >= 15 is 0 Å². The average molecular weight is 263 g/mol. The second-order valence-electron chi connectivity index (χ2n) is 4.69. The Kier molecular flexibility index (Phi) is 4.04. The van der Waals surface area contributed by atoms with E-state index in [0.717, 1.165) is 17.7 Å². The van der Waals surface area contributed by atoms with Crippen molar-refractivity contribution in [2.75, 3.05) is 11.9 Å². The lowest BCUT2D eigenvalue weighted by atomic mass is 10.0. The van der Waals surface area contributed by atoms with Crippen LogP contribution in [0.15, 0.2) is 18.2 Å². The van der Waals surface area contributed by atoms with Crippen LogP contribution >= 0.6 is 0 Å². The number of esters is 1. The van der Waals surface area contributed by atoms with Gasteiger partial charge in [0, 0.05) is 18.2 Å². The highest BCUT2D eigenvalue weighted by molar-refractivity contribution is 5.94. The monoisotopic (exact) mass is 263 g/mol. The average Bonchev–Trinajstić information content (AvgIpc) is 2.35. The molecule has 1 N–H and O–H groups in total. The molecule has 0 unspecified atom stereocenters. The first-order valence-corrected chi connectivity index (χ1v) is 6.29. The van der Waals surface area contributed by atoms with Gasteiger partial charge in [-0.05, 0) is 31.9 Å². The molecule has 1 heterocycles. The number of anilines is 1. The van der Waals surface area contributed by atoms with E-state index in [2.05, 4.69) is 5.32 Å². The Labute approximate surface area is 111 Å². The largest absolute Gasteiger partial charge is 0.482 e. The van der Waals surface area contributed by atoms with E-state index in [-0.39, 0.29) is 18.6 Å². The van der Waals surface area contributed by atoms with Gasteiger partial charge in [0.25, 0.3) is 0 Å². The first-order valence-electron chi connectivity index (χ1n) is 6.29. The summed E-state index contributed by atoms with van der Waals surface area (Å²) in [7, 11) is 0. The van der Waals surface area contributed by atoms with E-state index in [1.807, 2.05) is 6.07 Å². The molecule has 0 atom stereocenters. The predicted molar refractivity (Wildman–Crippen MR) is 70.1 cm³/mol. The molecule has 1 aliphatic heterocycles. The summed E-state index contributed by atoms with van der Waals surface area (Å²) >= 11 is 0. The normalized spacial score (nSPS) is 13.7. The molecule has 0 saturated carbocycles. The minimum atomic E-state index is -0.406. The van der Waals surface area contributed by atoms with E-state index in [1.54, 1.807) is 26.0 Å². The number of carbonyl (C=O) groups excluding carboxylic acids is 2. The molecule has 1 aromatic rings. The Balaban J connectivity index is 1.96. The van der Waals surface area contributed by atoms with E-state index in [1.165, 1.54) is 0 Å². The topological polar surface area (TPSA) is 64.6 Å². The highest BCUT2D eigenvalue weighted by Crippen LogP contribution is 2.27. The Morgan fingerprint density at radius 3 is 2.89 bits per heavy atom. The fraction of sp³-hybridized carbons (Fsp3) is 0.429. The van der Waals surface area contributed by atoms with E-state index in [9.17, 15) is 9.59 Å². The fourth-order valence-electron chi connectivity index (χ4n) is 1.88. The first kappa shape index (κ1) is 13.4. The van der Waals surface area contributed by atoms with Crippen molar-refractivity contribution >= 4 is 17.6 Å². The number of benzene rings is 1. The number of rotatable bonds is 4. The van der Waals surface area contributed by atoms with Gasteiger partial charge < -0.3 is 14.8 Å².